The van der Waals surface area contributed by atoms with Gasteiger partial charge in [0.15, 0.2) is 0 Å². The van der Waals surface area contributed by atoms with E-state index in [4.69, 9.17) is 4.74 Å². The van der Waals surface area contributed by atoms with E-state index in [1.807, 2.05) is 18.2 Å². The monoisotopic (exact) mass is 396 g/mol. The summed E-state index contributed by atoms with van der Waals surface area (Å²) in [6.45, 7) is 3.74. The maximum absolute atomic E-state index is 10.6. The van der Waals surface area contributed by atoms with E-state index in [2.05, 4.69) is 24.8 Å². The molecule has 4 rings (SSSR count). The van der Waals surface area contributed by atoms with Crippen molar-refractivity contribution < 1.29 is 20.1 Å². The molecule has 1 aromatic heterocycles. The van der Waals surface area contributed by atoms with E-state index in [1.165, 1.54) is 15.0 Å². The summed E-state index contributed by atoms with van der Waals surface area (Å²) in [5.41, 5.74) is 2.59. The molecule has 0 spiro atoms. The Hall–Kier alpha value is -2.18. The molecule has 5 heteroatoms. The normalized spacial score (nSPS) is 22.4. The maximum Gasteiger partial charge on any atom is 0.122 e. The van der Waals surface area contributed by atoms with Crippen LogP contribution in [0.2, 0.25) is 0 Å². The molecule has 1 aliphatic heterocycles. The highest BCUT2D eigenvalue weighted by molar-refractivity contribution is 7.19. The zero-order valence-corrected chi connectivity index (χ0v) is 16.4. The van der Waals surface area contributed by atoms with Crippen LogP contribution in [0.5, 0.6) is 5.75 Å². The third-order valence-corrected chi connectivity index (χ3v) is 6.39. The molecule has 3 aromatic rings. The van der Waals surface area contributed by atoms with Gasteiger partial charge in [0.2, 0.25) is 0 Å². The van der Waals surface area contributed by atoms with Crippen molar-refractivity contribution in [3.8, 4) is 5.75 Å². The molecule has 0 bridgehead atoms. The summed E-state index contributed by atoms with van der Waals surface area (Å²) >= 11 is 1.76. The SMILES string of the molecule is C=Cc1cc(O)c(C2CC(O)CC(CO)O2)cc1Cc1cc2ccccc2s1. The molecule has 1 aliphatic rings. The second-order valence-corrected chi connectivity index (χ2v) is 8.46. The first-order valence-electron chi connectivity index (χ1n) is 9.47. The molecule has 0 radical (unpaired) electrons. The van der Waals surface area contributed by atoms with Crippen LogP contribution in [-0.2, 0) is 11.2 Å². The Labute approximate surface area is 168 Å². The summed E-state index contributed by atoms with van der Waals surface area (Å²) in [4.78, 5) is 1.23. The lowest BCUT2D eigenvalue weighted by molar-refractivity contribution is -0.114. The molecular weight excluding hydrogens is 372 g/mol. The van der Waals surface area contributed by atoms with Gasteiger partial charge in [-0.15, -0.1) is 11.3 Å². The fourth-order valence-corrected chi connectivity index (χ4v) is 4.98. The largest absolute Gasteiger partial charge is 0.508 e. The number of aliphatic hydroxyl groups is 2. The Morgan fingerprint density at radius 3 is 2.75 bits per heavy atom. The first kappa shape index (κ1) is 19.2. The lowest BCUT2D eigenvalue weighted by Gasteiger charge is -2.33. The summed E-state index contributed by atoms with van der Waals surface area (Å²) in [7, 11) is 0. The molecule has 146 valence electrons. The number of hydrogen-bond donors (Lipinski definition) is 3. The van der Waals surface area contributed by atoms with Gasteiger partial charge in [-0.3, -0.25) is 0 Å². The van der Waals surface area contributed by atoms with Crippen LogP contribution in [0.3, 0.4) is 0 Å². The molecule has 3 N–H and O–H groups in total. The quantitative estimate of drug-likeness (QED) is 0.597. The van der Waals surface area contributed by atoms with Crippen molar-refractivity contribution in [3.63, 3.8) is 0 Å². The predicted octanol–water partition coefficient (Wildman–Crippen LogP) is 4.41. The van der Waals surface area contributed by atoms with Crippen LogP contribution >= 0.6 is 11.3 Å². The van der Waals surface area contributed by atoms with E-state index in [-0.39, 0.29) is 12.4 Å². The number of benzene rings is 2. The zero-order chi connectivity index (χ0) is 19.7. The summed E-state index contributed by atoms with van der Waals surface area (Å²) in [6.07, 6.45) is 1.87. The Kier molecular flexibility index (Phi) is 5.51. The Bertz CT molecular complexity index is 960. The number of ether oxygens (including phenoxy) is 1. The molecule has 28 heavy (non-hydrogen) atoms. The number of phenols is 1. The maximum atomic E-state index is 10.6. The molecule has 1 fully saturated rings. The van der Waals surface area contributed by atoms with E-state index in [1.54, 1.807) is 23.5 Å². The van der Waals surface area contributed by atoms with Crippen molar-refractivity contribution in [1.82, 2.24) is 0 Å². The molecule has 0 aliphatic carbocycles. The van der Waals surface area contributed by atoms with Crippen molar-refractivity contribution in [3.05, 3.63) is 70.6 Å². The van der Waals surface area contributed by atoms with Gasteiger partial charge in [-0.25, -0.2) is 0 Å². The molecule has 3 atom stereocenters. The van der Waals surface area contributed by atoms with Crippen molar-refractivity contribution in [2.75, 3.05) is 6.61 Å². The lowest BCUT2D eigenvalue weighted by Crippen LogP contribution is -2.33. The van der Waals surface area contributed by atoms with Gasteiger partial charge in [-0.2, -0.15) is 0 Å². The molecule has 2 heterocycles. The van der Waals surface area contributed by atoms with Gasteiger partial charge < -0.3 is 20.1 Å². The van der Waals surface area contributed by atoms with Gasteiger partial charge in [-0.05, 0) is 40.8 Å². The van der Waals surface area contributed by atoms with E-state index >= 15 is 0 Å². The van der Waals surface area contributed by atoms with Crippen LogP contribution in [0.15, 0.2) is 49.0 Å². The fourth-order valence-electron chi connectivity index (χ4n) is 3.89. The van der Waals surface area contributed by atoms with Crippen LogP contribution in [0, 0.1) is 0 Å². The third kappa shape index (κ3) is 3.84. The minimum absolute atomic E-state index is 0.130. The number of hydrogen-bond acceptors (Lipinski definition) is 5. The summed E-state index contributed by atoms with van der Waals surface area (Å²) in [6, 6.07) is 14.2. The van der Waals surface area contributed by atoms with Crippen molar-refractivity contribution in [2.24, 2.45) is 0 Å². The van der Waals surface area contributed by atoms with Crippen molar-refractivity contribution in [1.29, 1.82) is 0 Å². The zero-order valence-electron chi connectivity index (χ0n) is 15.5. The third-order valence-electron chi connectivity index (χ3n) is 5.28. The predicted molar refractivity (Wildman–Crippen MR) is 113 cm³/mol. The second-order valence-electron chi connectivity index (χ2n) is 7.30. The first-order valence-corrected chi connectivity index (χ1v) is 10.3. The molecule has 4 nitrogen and oxygen atoms in total. The highest BCUT2D eigenvalue weighted by Crippen LogP contribution is 2.38. The summed E-state index contributed by atoms with van der Waals surface area (Å²) < 4.78 is 7.16. The van der Waals surface area contributed by atoms with Crippen LogP contribution in [-0.4, -0.2) is 34.1 Å². The average molecular weight is 397 g/mol. The number of rotatable bonds is 5. The van der Waals surface area contributed by atoms with Gasteiger partial charge in [0.25, 0.3) is 0 Å². The molecule has 0 amide bonds. The van der Waals surface area contributed by atoms with Crippen molar-refractivity contribution in [2.45, 2.75) is 37.6 Å². The highest BCUT2D eigenvalue weighted by atomic mass is 32.1. The second kappa shape index (κ2) is 8.05. The van der Waals surface area contributed by atoms with Crippen LogP contribution < -0.4 is 0 Å². The number of phenolic OH excluding ortho intramolecular Hbond substituents is 1. The van der Waals surface area contributed by atoms with Gasteiger partial charge >= 0.3 is 0 Å². The van der Waals surface area contributed by atoms with E-state index < -0.39 is 18.3 Å². The summed E-state index contributed by atoms with van der Waals surface area (Å²) in [5, 5.41) is 31.3. The minimum atomic E-state index is -0.555. The smallest absolute Gasteiger partial charge is 0.122 e. The lowest BCUT2D eigenvalue weighted by atomic mass is 9.92. The van der Waals surface area contributed by atoms with E-state index in [0.717, 1.165) is 17.5 Å². The van der Waals surface area contributed by atoms with E-state index in [0.29, 0.717) is 18.4 Å². The van der Waals surface area contributed by atoms with Crippen LogP contribution in [0.4, 0.5) is 0 Å². The Morgan fingerprint density at radius 1 is 1.18 bits per heavy atom. The first-order chi connectivity index (χ1) is 13.6. The van der Waals surface area contributed by atoms with E-state index in [9.17, 15) is 15.3 Å². The number of aromatic hydroxyl groups is 1. The molecular formula is C23H24O4S. The Morgan fingerprint density at radius 2 is 2.00 bits per heavy atom. The highest BCUT2D eigenvalue weighted by Gasteiger charge is 2.31. The van der Waals surface area contributed by atoms with Gasteiger partial charge in [0, 0.05) is 34.4 Å². The minimum Gasteiger partial charge on any atom is -0.508 e. The summed E-state index contributed by atoms with van der Waals surface area (Å²) in [5.74, 6) is 0.130. The molecule has 0 saturated carbocycles. The Balaban J connectivity index is 1.68. The average Bonchev–Trinajstić information content (AvgIpc) is 3.10. The van der Waals surface area contributed by atoms with Gasteiger partial charge in [0.05, 0.1) is 24.9 Å². The van der Waals surface area contributed by atoms with Gasteiger partial charge in [0.1, 0.15) is 5.75 Å². The topological polar surface area (TPSA) is 69.9 Å². The van der Waals surface area contributed by atoms with Crippen molar-refractivity contribution >= 4 is 27.5 Å². The van der Waals surface area contributed by atoms with Crippen LogP contribution in [0.25, 0.3) is 16.2 Å². The fraction of sp³-hybridized carbons (Fsp3) is 0.304. The standard InChI is InChI=1S/C23H24O4S/c1-2-14-10-21(26)20(22-12-17(25)11-18(13-24)27-22)9-16(14)8-19-7-15-5-3-4-6-23(15)28-19/h2-7,9-10,17-18,22,24-26H,1,8,11-13H2. The molecule has 2 aromatic carbocycles. The van der Waals surface area contributed by atoms with Crippen LogP contribution in [0.1, 0.15) is 40.5 Å². The molecule has 3 unspecified atom stereocenters. The number of aliphatic hydroxyl groups excluding tert-OH is 2. The van der Waals surface area contributed by atoms with Gasteiger partial charge in [-0.1, -0.05) is 30.9 Å². The molecule has 1 saturated heterocycles. The number of fused-ring (bicyclic) bond motifs is 1. The number of thiophene rings is 1.